The van der Waals surface area contributed by atoms with E-state index in [1.807, 2.05) is 13.0 Å². The summed E-state index contributed by atoms with van der Waals surface area (Å²) >= 11 is 0. The molecule has 0 saturated heterocycles. The van der Waals surface area contributed by atoms with Crippen molar-refractivity contribution in [3.63, 3.8) is 0 Å². The van der Waals surface area contributed by atoms with Crippen LogP contribution >= 0.6 is 0 Å². The summed E-state index contributed by atoms with van der Waals surface area (Å²) in [5.74, 6) is 0.446. The van der Waals surface area contributed by atoms with E-state index in [0.717, 1.165) is 5.56 Å². The Morgan fingerprint density at radius 3 is 2.67 bits per heavy atom. The molecular weight excluding hydrogens is 270 g/mol. The first-order valence-electron chi connectivity index (χ1n) is 6.33. The number of carbonyl (C=O) groups is 2. The largest absolute Gasteiger partial charge is 0.427 e. The van der Waals surface area contributed by atoms with Crippen molar-refractivity contribution in [1.29, 1.82) is 0 Å². The summed E-state index contributed by atoms with van der Waals surface area (Å²) in [6, 6.07) is 9.79. The van der Waals surface area contributed by atoms with Crippen LogP contribution in [0.2, 0.25) is 0 Å². The summed E-state index contributed by atoms with van der Waals surface area (Å²) in [4.78, 5) is 26.9. The van der Waals surface area contributed by atoms with Crippen molar-refractivity contribution in [2.45, 2.75) is 13.8 Å². The van der Waals surface area contributed by atoms with Crippen molar-refractivity contribution >= 4 is 23.5 Å². The number of hydrogen-bond acceptors (Lipinski definition) is 4. The van der Waals surface area contributed by atoms with E-state index in [1.165, 1.54) is 6.92 Å². The molecular formula is C15H15N3O3. The maximum Gasteiger partial charge on any atom is 0.324 e. The molecule has 0 aliphatic heterocycles. The summed E-state index contributed by atoms with van der Waals surface area (Å²) in [5, 5.41) is 5.30. The number of nitrogens with one attached hydrogen (secondary N) is 2. The number of urea groups is 1. The predicted octanol–water partition coefficient (Wildman–Crippen LogP) is 2.96. The number of anilines is 2. The van der Waals surface area contributed by atoms with Gasteiger partial charge in [0.15, 0.2) is 0 Å². The highest BCUT2D eigenvalue weighted by atomic mass is 16.5. The van der Waals surface area contributed by atoms with Crippen molar-refractivity contribution in [1.82, 2.24) is 4.98 Å². The van der Waals surface area contributed by atoms with Gasteiger partial charge in [-0.25, -0.2) is 9.78 Å². The number of aromatic nitrogens is 1. The van der Waals surface area contributed by atoms with Crippen molar-refractivity contribution in [3.05, 3.63) is 48.2 Å². The fraction of sp³-hybridized carbons (Fsp3) is 0.133. The van der Waals surface area contributed by atoms with Gasteiger partial charge >= 0.3 is 12.0 Å². The first-order chi connectivity index (χ1) is 10.0. The van der Waals surface area contributed by atoms with E-state index in [0.29, 0.717) is 17.3 Å². The van der Waals surface area contributed by atoms with Crippen molar-refractivity contribution in [3.8, 4) is 5.75 Å². The molecule has 108 valence electrons. The number of amides is 2. The third-order valence-electron chi connectivity index (χ3n) is 2.59. The topological polar surface area (TPSA) is 80.3 Å². The zero-order valence-electron chi connectivity index (χ0n) is 11.7. The molecule has 0 unspecified atom stereocenters. The second kappa shape index (κ2) is 6.51. The zero-order valence-corrected chi connectivity index (χ0v) is 11.7. The number of nitrogens with zero attached hydrogens (tertiary/aromatic N) is 1. The lowest BCUT2D eigenvalue weighted by Crippen LogP contribution is -2.20. The van der Waals surface area contributed by atoms with Gasteiger partial charge in [-0.05, 0) is 30.7 Å². The van der Waals surface area contributed by atoms with Crippen LogP contribution in [-0.2, 0) is 4.79 Å². The third-order valence-corrected chi connectivity index (χ3v) is 2.59. The molecule has 1 aromatic heterocycles. The number of aryl methyl sites for hydroxylation is 1. The SMILES string of the molecule is CC(=O)Oc1cccc(NC(=O)Nc2ncccc2C)c1. The van der Waals surface area contributed by atoms with Gasteiger partial charge in [-0.2, -0.15) is 0 Å². The third kappa shape index (κ3) is 4.31. The van der Waals surface area contributed by atoms with Gasteiger partial charge in [0.2, 0.25) is 0 Å². The maximum absolute atomic E-state index is 11.9. The summed E-state index contributed by atoms with van der Waals surface area (Å²) in [7, 11) is 0. The van der Waals surface area contributed by atoms with Crippen LogP contribution in [0.15, 0.2) is 42.6 Å². The van der Waals surface area contributed by atoms with E-state index < -0.39 is 12.0 Å². The minimum atomic E-state index is -0.420. The Morgan fingerprint density at radius 1 is 1.14 bits per heavy atom. The summed E-state index contributed by atoms with van der Waals surface area (Å²) < 4.78 is 4.95. The molecule has 2 amide bonds. The predicted molar refractivity (Wildman–Crippen MR) is 79.4 cm³/mol. The monoisotopic (exact) mass is 285 g/mol. The number of carbonyl (C=O) groups excluding carboxylic acids is 2. The first kappa shape index (κ1) is 14.5. The Balaban J connectivity index is 2.03. The van der Waals surface area contributed by atoms with Crippen LogP contribution < -0.4 is 15.4 Å². The number of ether oxygens (including phenoxy) is 1. The molecule has 21 heavy (non-hydrogen) atoms. The van der Waals surface area contributed by atoms with Crippen LogP contribution in [0.25, 0.3) is 0 Å². The molecule has 6 nitrogen and oxygen atoms in total. The minimum Gasteiger partial charge on any atom is -0.427 e. The molecule has 0 aliphatic rings. The van der Waals surface area contributed by atoms with E-state index in [-0.39, 0.29) is 0 Å². The molecule has 0 atom stereocenters. The van der Waals surface area contributed by atoms with Crippen molar-refractivity contribution in [2.24, 2.45) is 0 Å². The molecule has 2 rings (SSSR count). The Kier molecular flexibility index (Phi) is 4.50. The van der Waals surface area contributed by atoms with E-state index in [2.05, 4.69) is 15.6 Å². The Morgan fingerprint density at radius 2 is 1.95 bits per heavy atom. The van der Waals surface area contributed by atoms with Crippen LogP contribution in [0.5, 0.6) is 5.75 Å². The van der Waals surface area contributed by atoms with Gasteiger partial charge in [0.1, 0.15) is 11.6 Å². The summed E-state index contributed by atoms with van der Waals surface area (Å²) in [5.41, 5.74) is 1.38. The van der Waals surface area contributed by atoms with Crippen molar-refractivity contribution < 1.29 is 14.3 Å². The second-order valence-corrected chi connectivity index (χ2v) is 4.37. The molecule has 0 saturated carbocycles. The lowest BCUT2D eigenvalue weighted by atomic mass is 10.3. The highest BCUT2D eigenvalue weighted by molar-refractivity contribution is 5.99. The van der Waals surface area contributed by atoms with Crippen LogP contribution in [0.4, 0.5) is 16.3 Å². The molecule has 0 spiro atoms. The molecule has 0 radical (unpaired) electrons. The number of pyridine rings is 1. The smallest absolute Gasteiger partial charge is 0.324 e. The average molecular weight is 285 g/mol. The number of hydrogen-bond donors (Lipinski definition) is 2. The second-order valence-electron chi connectivity index (χ2n) is 4.37. The van der Waals surface area contributed by atoms with Crippen LogP contribution in [0.3, 0.4) is 0 Å². The Labute approximate surface area is 122 Å². The summed E-state index contributed by atoms with van der Waals surface area (Å²) in [6.45, 7) is 3.17. The fourth-order valence-electron chi connectivity index (χ4n) is 1.69. The van der Waals surface area contributed by atoms with Gasteiger partial charge in [0, 0.05) is 24.9 Å². The molecule has 0 bridgehead atoms. The van der Waals surface area contributed by atoms with E-state index in [4.69, 9.17) is 4.74 Å². The highest BCUT2D eigenvalue weighted by Crippen LogP contribution is 2.18. The molecule has 0 aliphatic carbocycles. The molecule has 1 aromatic carbocycles. The normalized spacial score (nSPS) is 9.81. The highest BCUT2D eigenvalue weighted by Gasteiger charge is 2.06. The van der Waals surface area contributed by atoms with Crippen LogP contribution in [-0.4, -0.2) is 17.0 Å². The van der Waals surface area contributed by atoms with Gasteiger partial charge in [-0.1, -0.05) is 12.1 Å². The molecule has 0 fully saturated rings. The zero-order chi connectivity index (χ0) is 15.2. The fourth-order valence-corrected chi connectivity index (χ4v) is 1.69. The number of esters is 1. The first-order valence-corrected chi connectivity index (χ1v) is 6.33. The quantitative estimate of drug-likeness (QED) is 0.671. The Hall–Kier alpha value is -2.89. The maximum atomic E-state index is 11.9. The van der Waals surface area contributed by atoms with E-state index >= 15 is 0 Å². The number of rotatable bonds is 3. The van der Waals surface area contributed by atoms with Gasteiger partial charge in [0.05, 0.1) is 0 Å². The van der Waals surface area contributed by atoms with Gasteiger partial charge in [0.25, 0.3) is 0 Å². The Bertz CT molecular complexity index is 671. The lowest BCUT2D eigenvalue weighted by Gasteiger charge is -2.09. The van der Waals surface area contributed by atoms with E-state index in [1.54, 1.807) is 36.5 Å². The van der Waals surface area contributed by atoms with E-state index in [9.17, 15) is 9.59 Å². The average Bonchev–Trinajstić information content (AvgIpc) is 2.41. The van der Waals surface area contributed by atoms with Crippen molar-refractivity contribution in [2.75, 3.05) is 10.6 Å². The minimum absolute atomic E-state index is 0.370. The number of benzene rings is 1. The standard InChI is InChI=1S/C15H15N3O3/c1-10-5-4-8-16-14(10)18-15(20)17-12-6-3-7-13(9-12)21-11(2)19/h3-9H,1-2H3,(H2,16,17,18,20). The summed E-state index contributed by atoms with van der Waals surface area (Å²) in [6.07, 6.45) is 1.60. The molecule has 2 N–H and O–H groups in total. The molecule has 6 heteroatoms. The van der Waals surface area contributed by atoms with Gasteiger partial charge in [-0.3, -0.25) is 10.1 Å². The molecule has 2 aromatic rings. The molecule has 1 heterocycles. The van der Waals surface area contributed by atoms with Gasteiger partial charge < -0.3 is 10.1 Å². The van der Waals surface area contributed by atoms with Crippen LogP contribution in [0.1, 0.15) is 12.5 Å². The van der Waals surface area contributed by atoms with Crippen LogP contribution in [0, 0.1) is 6.92 Å². The van der Waals surface area contributed by atoms with Gasteiger partial charge in [-0.15, -0.1) is 0 Å². The lowest BCUT2D eigenvalue weighted by molar-refractivity contribution is -0.131.